The highest BCUT2D eigenvalue weighted by atomic mass is 19.4. The van der Waals surface area contributed by atoms with E-state index in [0.717, 1.165) is 31.3 Å². The summed E-state index contributed by atoms with van der Waals surface area (Å²) in [6.45, 7) is 0.206. The average Bonchev–Trinajstić information content (AvgIpc) is 3.74. The Morgan fingerprint density at radius 3 is 2.59 bits per heavy atom. The minimum atomic E-state index is -4.87. The molecule has 15 heteroatoms. The highest BCUT2D eigenvalue weighted by Gasteiger charge is 2.39. The van der Waals surface area contributed by atoms with Crippen LogP contribution in [0.15, 0.2) is 46.4 Å². The monoisotopic (exact) mass is 579 g/mol. The van der Waals surface area contributed by atoms with Gasteiger partial charge in [0.2, 0.25) is 0 Å². The first kappa shape index (κ1) is 28.1. The summed E-state index contributed by atoms with van der Waals surface area (Å²) in [5, 5.41) is 8.55. The molecule has 3 heterocycles. The molecule has 9 nitrogen and oxygen atoms in total. The lowest BCUT2D eigenvalue weighted by molar-refractivity contribution is -0.138. The van der Waals surface area contributed by atoms with E-state index in [0.29, 0.717) is 18.2 Å². The maximum atomic E-state index is 15.0. The number of H-pyrrole nitrogens is 1. The zero-order valence-electron chi connectivity index (χ0n) is 21.2. The van der Waals surface area contributed by atoms with Gasteiger partial charge in [0, 0.05) is 25.0 Å². The van der Waals surface area contributed by atoms with Gasteiger partial charge in [0.25, 0.3) is 17.5 Å². The van der Waals surface area contributed by atoms with Crippen molar-refractivity contribution in [3.63, 3.8) is 0 Å². The number of benzene rings is 1. The van der Waals surface area contributed by atoms with E-state index in [4.69, 9.17) is 5.73 Å². The van der Waals surface area contributed by atoms with Gasteiger partial charge in [-0.25, -0.2) is 28.2 Å². The molecule has 1 unspecified atom stereocenters. The maximum Gasteiger partial charge on any atom is 0.423 e. The molecule has 3 aromatic heterocycles. The number of anilines is 2. The molecule has 1 aliphatic carbocycles. The molecule has 41 heavy (non-hydrogen) atoms. The molecule has 5 rings (SSSR count). The molecule has 0 amide bonds. The summed E-state index contributed by atoms with van der Waals surface area (Å²) in [6.07, 6.45) is -2.07. The third-order valence-electron chi connectivity index (χ3n) is 6.97. The van der Waals surface area contributed by atoms with Crippen molar-refractivity contribution in [2.24, 2.45) is 5.92 Å². The molecule has 0 aliphatic heterocycles. The number of halogens is 6. The fourth-order valence-corrected chi connectivity index (χ4v) is 4.75. The number of fused-ring (bicyclic) bond motifs is 1. The maximum absolute atomic E-state index is 15.0. The molecule has 4 aromatic rings. The normalized spacial score (nSPS) is 14.5. The Morgan fingerprint density at radius 2 is 1.93 bits per heavy atom. The van der Waals surface area contributed by atoms with Crippen LogP contribution < -0.4 is 22.2 Å². The molecule has 1 aromatic carbocycles. The van der Waals surface area contributed by atoms with Crippen LogP contribution in [0.25, 0.3) is 22.2 Å². The second kappa shape index (κ2) is 10.9. The second-order valence-corrected chi connectivity index (χ2v) is 9.78. The topological polar surface area (TPSA) is 132 Å². The van der Waals surface area contributed by atoms with Gasteiger partial charge in [-0.1, -0.05) is 0 Å². The first-order chi connectivity index (χ1) is 19.4. The summed E-state index contributed by atoms with van der Waals surface area (Å²) in [5.74, 6) is -1.43. The average molecular weight is 580 g/mol. The quantitative estimate of drug-likeness (QED) is 0.241. The van der Waals surface area contributed by atoms with E-state index in [-0.39, 0.29) is 35.3 Å². The third-order valence-corrected chi connectivity index (χ3v) is 6.97. The number of hydrogen-bond acceptors (Lipinski definition) is 7. The number of rotatable bonds is 9. The predicted octanol–water partition coefficient (Wildman–Crippen LogP) is 4.89. The van der Waals surface area contributed by atoms with Crippen LogP contribution in [-0.2, 0) is 12.7 Å². The minimum absolute atomic E-state index is 0.0622. The number of pyridine rings is 1. The number of hydrogen-bond donors (Lipinski definition) is 3. The highest BCUT2D eigenvalue weighted by molar-refractivity contribution is 5.86. The Balaban J connectivity index is 1.33. The van der Waals surface area contributed by atoms with E-state index in [9.17, 15) is 35.9 Å². The first-order valence-corrected chi connectivity index (χ1v) is 12.6. The number of aromatic amines is 1. The lowest BCUT2D eigenvalue weighted by atomic mass is 10.0. The minimum Gasteiger partial charge on any atom is -0.383 e. The summed E-state index contributed by atoms with van der Waals surface area (Å²) >= 11 is 0. The molecule has 0 spiro atoms. The Kier molecular flexibility index (Phi) is 7.44. The Labute approximate surface area is 227 Å². The SMILES string of the molecule is Nc1nc(-c2cc3ccn(CCCC(Nc4cn[nH]c(=O)c4C(F)(F)F)C4CC4)c(=O)c3cc2F)ncc1C(F)F. The predicted molar refractivity (Wildman–Crippen MR) is 138 cm³/mol. The number of aromatic nitrogens is 5. The molecule has 0 saturated heterocycles. The molecular formula is C26H23F6N7O2. The molecule has 1 saturated carbocycles. The molecule has 0 radical (unpaired) electrons. The van der Waals surface area contributed by atoms with E-state index in [2.05, 4.69) is 20.4 Å². The van der Waals surface area contributed by atoms with Gasteiger partial charge in [0.05, 0.1) is 28.4 Å². The van der Waals surface area contributed by atoms with Gasteiger partial charge in [-0.3, -0.25) is 9.59 Å². The number of nitrogens with two attached hydrogens (primary N) is 1. The fraction of sp³-hybridized carbons (Fsp3) is 0.346. The lowest BCUT2D eigenvalue weighted by Gasteiger charge is -2.21. The molecule has 216 valence electrons. The van der Waals surface area contributed by atoms with Gasteiger partial charge < -0.3 is 15.6 Å². The first-order valence-electron chi connectivity index (χ1n) is 12.6. The van der Waals surface area contributed by atoms with Crippen LogP contribution in [0.1, 0.15) is 43.2 Å². The van der Waals surface area contributed by atoms with E-state index in [1.807, 2.05) is 0 Å². The van der Waals surface area contributed by atoms with Crippen molar-refractivity contribution in [1.82, 2.24) is 24.7 Å². The van der Waals surface area contributed by atoms with Crippen molar-refractivity contribution in [2.45, 2.75) is 50.9 Å². The largest absolute Gasteiger partial charge is 0.423 e. The van der Waals surface area contributed by atoms with Crippen LogP contribution in [0.3, 0.4) is 0 Å². The van der Waals surface area contributed by atoms with Crippen molar-refractivity contribution in [1.29, 1.82) is 0 Å². The van der Waals surface area contributed by atoms with Gasteiger partial charge in [0.15, 0.2) is 5.82 Å². The van der Waals surface area contributed by atoms with E-state index in [1.54, 1.807) is 11.2 Å². The van der Waals surface area contributed by atoms with Crippen LogP contribution in [0.4, 0.5) is 37.8 Å². The molecule has 0 bridgehead atoms. The highest BCUT2D eigenvalue weighted by Crippen LogP contribution is 2.38. The van der Waals surface area contributed by atoms with Crippen molar-refractivity contribution in [3.05, 3.63) is 74.4 Å². The number of nitrogens with one attached hydrogen (secondary N) is 2. The summed E-state index contributed by atoms with van der Waals surface area (Å²) in [7, 11) is 0. The zero-order valence-corrected chi connectivity index (χ0v) is 21.2. The summed E-state index contributed by atoms with van der Waals surface area (Å²) < 4.78 is 82.6. The summed E-state index contributed by atoms with van der Waals surface area (Å²) in [6, 6.07) is 3.54. The van der Waals surface area contributed by atoms with E-state index >= 15 is 0 Å². The Hall–Kier alpha value is -4.43. The Bertz CT molecular complexity index is 1720. The van der Waals surface area contributed by atoms with E-state index in [1.165, 1.54) is 16.8 Å². The van der Waals surface area contributed by atoms with Crippen LogP contribution in [0, 0.1) is 11.7 Å². The molecule has 1 atom stereocenters. The van der Waals surface area contributed by atoms with Crippen molar-refractivity contribution in [3.8, 4) is 11.4 Å². The molecule has 4 N–H and O–H groups in total. The fourth-order valence-electron chi connectivity index (χ4n) is 4.75. The smallest absolute Gasteiger partial charge is 0.383 e. The van der Waals surface area contributed by atoms with Gasteiger partial charge in [-0.2, -0.15) is 18.3 Å². The standard InChI is InChI=1S/C26H23F6N7O2/c27-17-9-14-13(8-15(17)23-34-10-16(21(28)29)22(33)37-23)5-7-39(25(14)41)6-1-2-18(12-3-4-12)36-19-11-35-38-24(40)20(19)26(30,31)32/h5,7-12,18,21H,1-4,6H2,(H2,33,34,37)(H2,36,38,40). The lowest BCUT2D eigenvalue weighted by Crippen LogP contribution is -2.29. The molecule has 1 fully saturated rings. The molecular weight excluding hydrogens is 556 g/mol. The summed E-state index contributed by atoms with van der Waals surface area (Å²) in [4.78, 5) is 32.4. The number of nitrogen functional groups attached to an aromatic ring is 1. The van der Waals surface area contributed by atoms with Crippen LogP contribution in [0.5, 0.6) is 0 Å². The van der Waals surface area contributed by atoms with Crippen LogP contribution >= 0.6 is 0 Å². The molecule has 1 aliphatic rings. The van der Waals surface area contributed by atoms with Gasteiger partial charge >= 0.3 is 6.18 Å². The number of nitrogens with zero attached hydrogens (tertiary/aromatic N) is 4. The van der Waals surface area contributed by atoms with Crippen LogP contribution in [0.2, 0.25) is 0 Å². The van der Waals surface area contributed by atoms with E-state index < -0.39 is 52.2 Å². The van der Waals surface area contributed by atoms with Crippen LogP contribution in [-0.4, -0.2) is 30.8 Å². The van der Waals surface area contributed by atoms with Crippen molar-refractivity contribution < 1.29 is 26.3 Å². The van der Waals surface area contributed by atoms with Crippen molar-refractivity contribution >= 4 is 22.3 Å². The number of alkyl halides is 5. The van der Waals surface area contributed by atoms with Gasteiger partial charge in [0.1, 0.15) is 17.2 Å². The third kappa shape index (κ3) is 5.88. The van der Waals surface area contributed by atoms with Gasteiger partial charge in [-0.05, 0) is 55.2 Å². The number of aryl methyl sites for hydroxylation is 1. The Morgan fingerprint density at radius 1 is 1.17 bits per heavy atom. The zero-order chi connectivity index (χ0) is 29.5. The summed E-state index contributed by atoms with van der Waals surface area (Å²) in [5.41, 5.74) is 1.29. The van der Waals surface area contributed by atoms with Gasteiger partial charge in [-0.15, -0.1) is 0 Å². The van der Waals surface area contributed by atoms with Crippen molar-refractivity contribution in [2.75, 3.05) is 11.1 Å². The second-order valence-electron chi connectivity index (χ2n) is 9.78.